The first-order valence-corrected chi connectivity index (χ1v) is 8.81. The monoisotopic (exact) mass is 348 g/mol. The number of likely N-dealkylation sites (tertiary alicyclic amines) is 1. The summed E-state index contributed by atoms with van der Waals surface area (Å²) in [6, 6.07) is 5.37. The van der Waals surface area contributed by atoms with E-state index >= 15 is 0 Å². The zero-order chi connectivity index (χ0) is 18.4. The molecule has 1 aromatic carbocycles. The highest BCUT2D eigenvalue weighted by Gasteiger charge is 2.28. The Balaban J connectivity index is 1.96. The molecule has 2 amide bonds. The maximum Gasteiger partial charge on any atom is 0.253 e. The van der Waals surface area contributed by atoms with E-state index in [0.717, 1.165) is 6.42 Å². The van der Waals surface area contributed by atoms with Gasteiger partial charge in [-0.3, -0.25) is 9.59 Å². The van der Waals surface area contributed by atoms with Crippen molar-refractivity contribution in [2.45, 2.75) is 39.2 Å². The fourth-order valence-corrected chi connectivity index (χ4v) is 2.96. The molecule has 25 heavy (non-hydrogen) atoms. The van der Waals surface area contributed by atoms with Gasteiger partial charge in [-0.15, -0.1) is 0 Å². The second kappa shape index (κ2) is 8.74. The Morgan fingerprint density at radius 3 is 2.40 bits per heavy atom. The van der Waals surface area contributed by atoms with E-state index in [-0.39, 0.29) is 23.8 Å². The Bertz CT molecular complexity index is 609. The number of carbonyl (C=O) groups is 2. The summed E-state index contributed by atoms with van der Waals surface area (Å²) in [4.78, 5) is 26.7. The molecule has 6 nitrogen and oxygen atoms in total. The summed E-state index contributed by atoms with van der Waals surface area (Å²) in [6.07, 6.45) is 2.31. The number of nitrogens with one attached hydrogen (secondary N) is 1. The van der Waals surface area contributed by atoms with Crippen LogP contribution in [0, 0.1) is 5.92 Å². The fraction of sp³-hybridized carbons (Fsp3) is 0.579. The maximum absolute atomic E-state index is 12.7. The predicted octanol–water partition coefficient (Wildman–Crippen LogP) is 2.47. The fourth-order valence-electron chi connectivity index (χ4n) is 2.96. The molecule has 0 radical (unpaired) electrons. The summed E-state index contributed by atoms with van der Waals surface area (Å²) in [5.74, 6) is 1.19. The van der Waals surface area contributed by atoms with Gasteiger partial charge in [0, 0.05) is 30.6 Å². The van der Waals surface area contributed by atoms with Crippen molar-refractivity contribution < 1.29 is 19.1 Å². The molecule has 6 heteroatoms. The quantitative estimate of drug-likeness (QED) is 0.857. The lowest BCUT2D eigenvalue weighted by Crippen LogP contribution is -2.44. The molecule has 1 N–H and O–H groups in total. The van der Waals surface area contributed by atoms with Crippen molar-refractivity contribution in [1.82, 2.24) is 10.2 Å². The number of methoxy groups -OCH3 is 2. The van der Waals surface area contributed by atoms with Crippen molar-refractivity contribution in [2.24, 2.45) is 5.92 Å². The predicted molar refractivity (Wildman–Crippen MR) is 96.1 cm³/mol. The second-order valence-electron chi connectivity index (χ2n) is 6.45. The summed E-state index contributed by atoms with van der Waals surface area (Å²) >= 11 is 0. The van der Waals surface area contributed by atoms with E-state index in [0.29, 0.717) is 43.0 Å². The SMILES string of the molecule is CC[C@@H](C)NC(=O)C1CCN(C(=O)c2ccc(OC)c(OC)c2)CC1. The Kier molecular flexibility index (Phi) is 6.67. The van der Waals surface area contributed by atoms with Gasteiger partial charge in [-0.1, -0.05) is 6.92 Å². The van der Waals surface area contributed by atoms with E-state index in [1.165, 1.54) is 0 Å². The number of ether oxygens (including phenoxy) is 2. The molecule has 0 unspecified atom stereocenters. The average Bonchev–Trinajstić information content (AvgIpc) is 2.66. The maximum atomic E-state index is 12.7. The van der Waals surface area contributed by atoms with Crippen LogP contribution in [0.25, 0.3) is 0 Å². The number of piperidine rings is 1. The van der Waals surface area contributed by atoms with Gasteiger partial charge in [0.2, 0.25) is 5.91 Å². The van der Waals surface area contributed by atoms with E-state index in [9.17, 15) is 9.59 Å². The molecule has 0 saturated carbocycles. The lowest BCUT2D eigenvalue weighted by Gasteiger charge is -2.32. The molecule has 1 aliphatic heterocycles. The van der Waals surface area contributed by atoms with Crippen molar-refractivity contribution in [2.75, 3.05) is 27.3 Å². The molecule has 0 aromatic heterocycles. The summed E-state index contributed by atoms with van der Waals surface area (Å²) in [5, 5.41) is 3.03. The third-order valence-corrected chi connectivity index (χ3v) is 4.78. The number of benzene rings is 1. The Labute approximate surface area is 149 Å². The van der Waals surface area contributed by atoms with Crippen molar-refractivity contribution in [3.05, 3.63) is 23.8 Å². The normalized spacial score (nSPS) is 16.2. The van der Waals surface area contributed by atoms with E-state index in [1.54, 1.807) is 37.3 Å². The Hall–Kier alpha value is -2.24. The van der Waals surface area contributed by atoms with Crippen LogP contribution < -0.4 is 14.8 Å². The molecule has 1 saturated heterocycles. The summed E-state index contributed by atoms with van der Waals surface area (Å²) < 4.78 is 10.5. The van der Waals surface area contributed by atoms with Gasteiger partial charge in [0.15, 0.2) is 11.5 Å². The Morgan fingerprint density at radius 1 is 1.20 bits per heavy atom. The van der Waals surface area contributed by atoms with E-state index < -0.39 is 0 Å². The zero-order valence-electron chi connectivity index (χ0n) is 15.5. The van der Waals surface area contributed by atoms with Crippen LogP contribution >= 0.6 is 0 Å². The zero-order valence-corrected chi connectivity index (χ0v) is 15.5. The van der Waals surface area contributed by atoms with Crippen LogP contribution in [0.1, 0.15) is 43.5 Å². The van der Waals surface area contributed by atoms with Crippen LogP contribution in [-0.2, 0) is 4.79 Å². The highest BCUT2D eigenvalue weighted by molar-refractivity contribution is 5.95. The highest BCUT2D eigenvalue weighted by atomic mass is 16.5. The van der Waals surface area contributed by atoms with Crippen LogP contribution in [0.15, 0.2) is 18.2 Å². The molecule has 1 aromatic rings. The van der Waals surface area contributed by atoms with Gasteiger partial charge in [0.25, 0.3) is 5.91 Å². The number of hydrogen-bond acceptors (Lipinski definition) is 4. The molecule has 0 aliphatic carbocycles. The minimum atomic E-state index is -0.0401. The minimum absolute atomic E-state index is 0.0107. The summed E-state index contributed by atoms with van der Waals surface area (Å²) in [7, 11) is 3.11. The molecule has 0 spiro atoms. The van der Waals surface area contributed by atoms with Crippen molar-refractivity contribution >= 4 is 11.8 Å². The van der Waals surface area contributed by atoms with Gasteiger partial charge in [-0.2, -0.15) is 0 Å². The van der Waals surface area contributed by atoms with Crippen molar-refractivity contribution in [3.8, 4) is 11.5 Å². The molecule has 0 bridgehead atoms. The van der Waals surface area contributed by atoms with Crippen LogP contribution in [-0.4, -0.2) is 50.1 Å². The molecule has 138 valence electrons. The smallest absolute Gasteiger partial charge is 0.253 e. The Morgan fingerprint density at radius 2 is 1.84 bits per heavy atom. The van der Waals surface area contributed by atoms with Crippen LogP contribution in [0.5, 0.6) is 11.5 Å². The summed E-state index contributed by atoms with van der Waals surface area (Å²) in [5.41, 5.74) is 0.570. The first-order chi connectivity index (χ1) is 12.0. The van der Waals surface area contributed by atoms with Gasteiger partial charge in [-0.25, -0.2) is 0 Å². The molecular formula is C19H28N2O4. The molecular weight excluding hydrogens is 320 g/mol. The van der Waals surface area contributed by atoms with Gasteiger partial charge in [0.05, 0.1) is 14.2 Å². The average molecular weight is 348 g/mol. The van der Waals surface area contributed by atoms with E-state index in [2.05, 4.69) is 12.2 Å². The van der Waals surface area contributed by atoms with E-state index in [1.807, 2.05) is 6.92 Å². The molecule has 1 heterocycles. The number of rotatable bonds is 6. The first kappa shape index (κ1) is 19.1. The van der Waals surface area contributed by atoms with E-state index in [4.69, 9.17) is 9.47 Å². The van der Waals surface area contributed by atoms with Gasteiger partial charge >= 0.3 is 0 Å². The van der Waals surface area contributed by atoms with Gasteiger partial charge in [-0.05, 0) is 44.4 Å². The van der Waals surface area contributed by atoms with Crippen molar-refractivity contribution in [1.29, 1.82) is 0 Å². The molecule has 1 fully saturated rings. The molecule has 1 aliphatic rings. The van der Waals surface area contributed by atoms with Gasteiger partial charge < -0.3 is 19.7 Å². The van der Waals surface area contributed by atoms with Crippen LogP contribution in [0.2, 0.25) is 0 Å². The summed E-state index contributed by atoms with van der Waals surface area (Å²) in [6.45, 7) is 5.24. The number of amides is 2. The molecule has 2 rings (SSSR count). The number of hydrogen-bond donors (Lipinski definition) is 1. The standard InChI is InChI=1S/C19H28N2O4/c1-5-13(2)20-18(22)14-8-10-21(11-9-14)19(23)15-6-7-16(24-3)17(12-15)25-4/h6-7,12-14H,5,8-11H2,1-4H3,(H,20,22)/t13-/m1/s1. The van der Waals surface area contributed by atoms with Crippen molar-refractivity contribution in [3.63, 3.8) is 0 Å². The lowest BCUT2D eigenvalue weighted by atomic mass is 9.95. The minimum Gasteiger partial charge on any atom is -0.493 e. The van der Waals surface area contributed by atoms with Crippen LogP contribution in [0.4, 0.5) is 0 Å². The number of carbonyl (C=O) groups excluding carboxylic acids is 2. The topological polar surface area (TPSA) is 67.9 Å². The number of nitrogens with zero attached hydrogens (tertiary/aromatic N) is 1. The second-order valence-corrected chi connectivity index (χ2v) is 6.45. The van der Waals surface area contributed by atoms with Gasteiger partial charge in [0.1, 0.15) is 0 Å². The third-order valence-electron chi connectivity index (χ3n) is 4.78. The third kappa shape index (κ3) is 4.65. The molecule has 1 atom stereocenters. The first-order valence-electron chi connectivity index (χ1n) is 8.81. The van der Waals surface area contributed by atoms with Crippen LogP contribution in [0.3, 0.4) is 0 Å². The lowest BCUT2D eigenvalue weighted by molar-refractivity contribution is -0.126. The highest BCUT2D eigenvalue weighted by Crippen LogP contribution is 2.28. The largest absolute Gasteiger partial charge is 0.493 e.